The summed E-state index contributed by atoms with van der Waals surface area (Å²) in [7, 11) is 0. The number of rotatable bonds is 2. The van der Waals surface area contributed by atoms with Crippen LogP contribution in [0.25, 0.3) is 0 Å². The van der Waals surface area contributed by atoms with Gasteiger partial charge in [0.25, 0.3) is 0 Å². The number of carbonyl (C=O) groups excluding carboxylic acids is 1. The smallest absolute Gasteiger partial charge is 0.223 e. The van der Waals surface area contributed by atoms with E-state index in [4.69, 9.17) is 0 Å². The zero-order valence-electron chi connectivity index (χ0n) is 4.81. The fourth-order valence-corrected chi connectivity index (χ4v) is 1.51. The van der Waals surface area contributed by atoms with E-state index in [0.29, 0.717) is 5.37 Å². The van der Waals surface area contributed by atoms with Crippen molar-refractivity contribution in [1.29, 1.82) is 0 Å². The van der Waals surface area contributed by atoms with E-state index in [-0.39, 0.29) is 5.91 Å². The van der Waals surface area contributed by atoms with Gasteiger partial charge in [-0.1, -0.05) is 6.92 Å². The van der Waals surface area contributed by atoms with Gasteiger partial charge in [-0.15, -0.1) is 11.8 Å². The Morgan fingerprint density at radius 3 is 3.00 bits per heavy atom. The Labute approximate surface area is 53.0 Å². The van der Waals surface area contributed by atoms with E-state index in [1.54, 1.807) is 11.8 Å². The molecule has 8 heavy (non-hydrogen) atoms. The van der Waals surface area contributed by atoms with E-state index in [1.165, 1.54) is 0 Å². The number of thioether (sulfide) groups is 1. The average Bonchev–Trinajstić information content (AvgIpc) is 1.64. The first-order valence-electron chi connectivity index (χ1n) is 2.74. The van der Waals surface area contributed by atoms with Gasteiger partial charge in [0.1, 0.15) is 0 Å². The van der Waals surface area contributed by atoms with E-state index >= 15 is 0 Å². The van der Waals surface area contributed by atoms with Crippen LogP contribution in [0.3, 0.4) is 0 Å². The molecule has 1 rings (SSSR count). The normalized spacial score (nSPS) is 26.6. The quantitative estimate of drug-likeness (QED) is 0.555. The minimum Gasteiger partial charge on any atom is -0.344 e. The van der Waals surface area contributed by atoms with Gasteiger partial charge in [0.05, 0.1) is 11.8 Å². The van der Waals surface area contributed by atoms with E-state index in [2.05, 4.69) is 12.2 Å². The molecule has 0 unspecified atom stereocenters. The topological polar surface area (TPSA) is 29.1 Å². The van der Waals surface area contributed by atoms with Crippen molar-refractivity contribution in [2.75, 3.05) is 5.75 Å². The fourth-order valence-electron chi connectivity index (χ4n) is 0.629. The molecule has 2 nitrogen and oxygen atoms in total. The Balaban J connectivity index is 2.06. The zero-order valence-corrected chi connectivity index (χ0v) is 5.62. The Kier molecular flexibility index (Phi) is 1.78. The Morgan fingerprint density at radius 2 is 2.62 bits per heavy atom. The molecule has 1 fully saturated rings. The third kappa shape index (κ3) is 1.15. The summed E-state index contributed by atoms with van der Waals surface area (Å²) in [5, 5.41) is 3.19. The lowest BCUT2D eigenvalue weighted by Gasteiger charge is -2.25. The largest absolute Gasteiger partial charge is 0.344 e. The minimum atomic E-state index is 0.191. The first kappa shape index (κ1) is 5.95. The summed E-state index contributed by atoms with van der Waals surface area (Å²) >= 11 is 1.79. The summed E-state index contributed by atoms with van der Waals surface area (Å²) in [5.41, 5.74) is 0. The third-order valence-electron chi connectivity index (χ3n) is 1.06. The molecule has 0 aromatic heterocycles. The molecule has 1 amide bonds. The first-order chi connectivity index (χ1) is 3.83. The Hall–Kier alpha value is -0.180. The van der Waals surface area contributed by atoms with Gasteiger partial charge in [0.15, 0.2) is 0 Å². The maximum Gasteiger partial charge on any atom is 0.223 e. The summed E-state index contributed by atoms with van der Waals surface area (Å²) < 4.78 is 0. The predicted octanol–water partition coefficient (Wildman–Crippen LogP) is 0.585. The van der Waals surface area contributed by atoms with Gasteiger partial charge < -0.3 is 5.32 Å². The molecular weight excluding hydrogens is 122 g/mol. The molecule has 0 aromatic rings. The molecule has 0 bridgehead atoms. The maximum atomic E-state index is 10.3. The van der Waals surface area contributed by atoms with Crippen molar-refractivity contribution in [2.24, 2.45) is 0 Å². The van der Waals surface area contributed by atoms with Gasteiger partial charge in [-0.3, -0.25) is 4.79 Å². The number of carbonyl (C=O) groups is 1. The SMILES string of the molecule is CCS[C@@H]1CC(=O)N1. The highest BCUT2D eigenvalue weighted by molar-refractivity contribution is 7.99. The molecule has 1 atom stereocenters. The molecule has 0 aliphatic carbocycles. The summed E-state index contributed by atoms with van der Waals surface area (Å²) in [6.45, 7) is 2.09. The van der Waals surface area contributed by atoms with E-state index in [1.807, 2.05) is 0 Å². The van der Waals surface area contributed by atoms with Gasteiger partial charge in [0.2, 0.25) is 5.91 Å². The molecule has 1 heterocycles. The third-order valence-corrected chi connectivity index (χ3v) is 2.08. The molecule has 1 saturated heterocycles. The van der Waals surface area contributed by atoms with Gasteiger partial charge in [0, 0.05) is 0 Å². The number of β-lactam (4-membered cyclic amide) rings is 1. The second kappa shape index (κ2) is 2.40. The average molecular weight is 131 g/mol. The Bertz CT molecular complexity index is 96.6. The molecule has 0 radical (unpaired) electrons. The molecule has 0 aromatic carbocycles. The molecule has 0 spiro atoms. The van der Waals surface area contributed by atoms with Crippen LogP contribution in [0.1, 0.15) is 13.3 Å². The lowest BCUT2D eigenvalue weighted by atomic mass is 10.3. The minimum absolute atomic E-state index is 0.191. The van der Waals surface area contributed by atoms with Crippen LogP contribution in [0.2, 0.25) is 0 Å². The van der Waals surface area contributed by atoms with Crippen molar-refractivity contribution in [3.63, 3.8) is 0 Å². The molecule has 1 aliphatic rings. The highest BCUT2D eigenvalue weighted by Gasteiger charge is 2.23. The van der Waals surface area contributed by atoms with Crippen LogP contribution >= 0.6 is 11.8 Å². The van der Waals surface area contributed by atoms with E-state index in [9.17, 15) is 4.79 Å². The summed E-state index contributed by atoms with van der Waals surface area (Å²) in [5.74, 6) is 1.28. The number of hydrogen-bond acceptors (Lipinski definition) is 2. The lowest BCUT2D eigenvalue weighted by Crippen LogP contribution is -2.46. The second-order valence-corrected chi connectivity index (χ2v) is 3.20. The van der Waals surface area contributed by atoms with Crippen LogP contribution in [0, 0.1) is 0 Å². The van der Waals surface area contributed by atoms with Crippen molar-refractivity contribution in [2.45, 2.75) is 18.7 Å². The van der Waals surface area contributed by atoms with Crippen LogP contribution in [0.4, 0.5) is 0 Å². The van der Waals surface area contributed by atoms with Gasteiger partial charge >= 0.3 is 0 Å². The van der Waals surface area contributed by atoms with Gasteiger partial charge in [-0.25, -0.2) is 0 Å². The fraction of sp³-hybridized carbons (Fsp3) is 0.800. The maximum absolute atomic E-state index is 10.3. The summed E-state index contributed by atoms with van der Waals surface area (Å²) in [4.78, 5) is 10.3. The number of amides is 1. The number of hydrogen-bond donors (Lipinski definition) is 1. The number of nitrogens with one attached hydrogen (secondary N) is 1. The second-order valence-electron chi connectivity index (χ2n) is 1.72. The summed E-state index contributed by atoms with van der Waals surface area (Å²) in [6.07, 6.45) is 0.721. The van der Waals surface area contributed by atoms with Crippen LogP contribution in [-0.2, 0) is 4.79 Å². The van der Waals surface area contributed by atoms with Crippen molar-refractivity contribution < 1.29 is 4.79 Å². The monoisotopic (exact) mass is 131 g/mol. The molecule has 0 saturated carbocycles. The lowest BCUT2D eigenvalue weighted by molar-refractivity contribution is -0.126. The van der Waals surface area contributed by atoms with Crippen LogP contribution in [0.15, 0.2) is 0 Å². The molecule has 3 heteroatoms. The summed E-state index contributed by atoms with van der Waals surface area (Å²) in [6, 6.07) is 0. The van der Waals surface area contributed by atoms with Crippen molar-refractivity contribution in [3.8, 4) is 0 Å². The van der Waals surface area contributed by atoms with Crippen LogP contribution in [-0.4, -0.2) is 17.0 Å². The molecule has 1 aliphatic heterocycles. The Morgan fingerprint density at radius 1 is 2.00 bits per heavy atom. The van der Waals surface area contributed by atoms with Crippen molar-refractivity contribution in [1.82, 2.24) is 5.32 Å². The molecule has 46 valence electrons. The van der Waals surface area contributed by atoms with Crippen LogP contribution in [0.5, 0.6) is 0 Å². The standard InChI is InChI=1S/C5H9NOS/c1-2-8-5-3-4(7)6-5/h5H,2-3H2,1H3,(H,6,7)/t5-/m1/s1. The van der Waals surface area contributed by atoms with Gasteiger partial charge in [-0.05, 0) is 5.75 Å². The van der Waals surface area contributed by atoms with Crippen molar-refractivity contribution >= 4 is 17.7 Å². The molecular formula is C5H9NOS. The predicted molar refractivity (Wildman–Crippen MR) is 34.7 cm³/mol. The molecule has 1 N–H and O–H groups in total. The van der Waals surface area contributed by atoms with Gasteiger partial charge in [-0.2, -0.15) is 0 Å². The highest BCUT2D eigenvalue weighted by Crippen LogP contribution is 2.17. The first-order valence-corrected chi connectivity index (χ1v) is 3.78. The van der Waals surface area contributed by atoms with Crippen LogP contribution < -0.4 is 5.32 Å². The zero-order chi connectivity index (χ0) is 5.98. The highest BCUT2D eigenvalue weighted by atomic mass is 32.2. The van der Waals surface area contributed by atoms with E-state index < -0.39 is 0 Å². The van der Waals surface area contributed by atoms with Crippen molar-refractivity contribution in [3.05, 3.63) is 0 Å². The van der Waals surface area contributed by atoms with E-state index in [0.717, 1.165) is 12.2 Å².